The quantitative estimate of drug-likeness (QED) is 0.838. The highest BCUT2D eigenvalue weighted by Gasteiger charge is 2.24. The Morgan fingerprint density at radius 3 is 2.45 bits per heavy atom. The number of hydrogen-bond acceptors (Lipinski definition) is 4. The molecule has 0 bridgehead atoms. The summed E-state index contributed by atoms with van der Waals surface area (Å²) in [7, 11) is 3.17. The molecule has 108 valence electrons. The van der Waals surface area contributed by atoms with Crippen LogP contribution in [0.4, 0.5) is 0 Å². The molecule has 7 nitrogen and oxygen atoms in total. The predicted octanol–water partition coefficient (Wildman–Crippen LogP) is 0.330. The van der Waals surface area contributed by atoms with Gasteiger partial charge in [0, 0.05) is 26.8 Å². The van der Waals surface area contributed by atoms with Gasteiger partial charge in [0.2, 0.25) is 5.91 Å². The minimum Gasteiger partial charge on any atom is -0.478 e. The van der Waals surface area contributed by atoms with Crippen LogP contribution in [-0.4, -0.2) is 64.9 Å². The molecule has 1 heterocycles. The van der Waals surface area contributed by atoms with Crippen LogP contribution in [0.25, 0.3) is 0 Å². The van der Waals surface area contributed by atoms with Gasteiger partial charge in [-0.2, -0.15) is 0 Å². The van der Waals surface area contributed by atoms with Crippen molar-refractivity contribution in [1.29, 1.82) is 0 Å². The minimum absolute atomic E-state index is 0.113. The second-order valence-corrected chi connectivity index (χ2v) is 4.31. The average molecular weight is 279 g/mol. The molecule has 0 radical (unpaired) electrons. The van der Waals surface area contributed by atoms with Gasteiger partial charge in [0.25, 0.3) is 5.91 Å². The Morgan fingerprint density at radius 1 is 1.30 bits per heavy atom. The van der Waals surface area contributed by atoms with E-state index in [9.17, 15) is 14.4 Å². The number of amides is 2. The lowest BCUT2D eigenvalue weighted by Crippen LogP contribution is -2.41. The van der Waals surface area contributed by atoms with Crippen molar-refractivity contribution >= 4 is 17.8 Å². The Kier molecular flexibility index (Phi) is 5.19. The van der Waals surface area contributed by atoms with Crippen LogP contribution in [0.3, 0.4) is 0 Å². The van der Waals surface area contributed by atoms with E-state index in [1.54, 1.807) is 21.0 Å². The standard InChI is InChI=1S/C13H17N3O4/c1-4-16(8-10(17)15(2)3)12(18)11-9(13(19)20)6-5-7-14-11/h5-7H,4,8H2,1-3H3,(H,19,20). The molecule has 1 aromatic rings. The summed E-state index contributed by atoms with van der Waals surface area (Å²) in [6.45, 7) is 1.89. The number of carboxylic acid groups (broad SMARTS) is 1. The highest BCUT2D eigenvalue weighted by molar-refractivity contribution is 6.04. The van der Waals surface area contributed by atoms with Crippen LogP contribution in [0.2, 0.25) is 0 Å². The number of carbonyl (C=O) groups is 3. The number of rotatable bonds is 5. The molecule has 20 heavy (non-hydrogen) atoms. The molecular formula is C13H17N3O4. The molecule has 1 aromatic heterocycles. The first-order valence-corrected chi connectivity index (χ1v) is 6.06. The average Bonchev–Trinajstić information content (AvgIpc) is 2.43. The third-order valence-corrected chi connectivity index (χ3v) is 2.73. The first-order chi connectivity index (χ1) is 9.38. The second kappa shape index (κ2) is 6.65. The Bertz CT molecular complexity index is 528. The molecule has 0 aliphatic rings. The molecule has 0 aliphatic heterocycles. The lowest BCUT2D eigenvalue weighted by Gasteiger charge is -2.22. The lowest BCUT2D eigenvalue weighted by molar-refractivity contribution is -0.129. The third-order valence-electron chi connectivity index (χ3n) is 2.73. The van der Waals surface area contributed by atoms with E-state index in [2.05, 4.69) is 4.98 Å². The highest BCUT2D eigenvalue weighted by atomic mass is 16.4. The second-order valence-electron chi connectivity index (χ2n) is 4.31. The Balaban J connectivity index is 3.03. The summed E-state index contributed by atoms with van der Waals surface area (Å²) in [5.41, 5.74) is -0.332. The summed E-state index contributed by atoms with van der Waals surface area (Å²) in [6, 6.07) is 2.76. The highest BCUT2D eigenvalue weighted by Crippen LogP contribution is 2.09. The van der Waals surface area contributed by atoms with E-state index in [4.69, 9.17) is 5.11 Å². The van der Waals surface area contributed by atoms with Gasteiger partial charge < -0.3 is 14.9 Å². The molecule has 1 rings (SSSR count). The van der Waals surface area contributed by atoms with Crippen molar-refractivity contribution in [3.63, 3.8) is 0 Å². The largest absolute Gasteiger partial charge is 0.478 e. The van der Waals surface area contributed by atoms with Crippen molar-refractivity contribution in [3.8, 4) is 0 Å². The lowest BCUT2D eigenvalue weighted by atomic mass is 10.1. The van der Waals surface area contributed by atoms with Crippen LogP contribution >= 0.6 is 0 Å². The fraction of sp³-hybridized carbons (Fsp3) is 0.385. The Labute approximate surface area is 116 Å². The number of aromatic carboxylic acids is 1. The monoisotopic (exact) mass is 279 g/mol. The third kappa shape index (κ3) is 3.53. The summed E-state index contributed by atoms with van der Waals surface area (Å²) in [6.07, 6.45) is 1.35. The van der Waals surface area contributed by atoms with Crippen LogP contribution in [0, 0.1) is 0 Å². The fourth-order valence-electron chi connectivity index (χ4n) is 1.53. The summed E-state index contributed by atoms with van der Waals surface area (Å²) < 4.78 is 0. The van der Waals surface area contributed by atoms with Gasteiger partial charge in [0.05, 0.1) is 5.56 Å². The van der Waals surface area contributed by atoms with Gasteiger partial charge in [0.1, 0.15) is 12.2 Å². The molecule has 0 aromatic carbocycles. The summed E-state index contributed by atoms with van der Waals surface area (Å²) in [4.78, 5) is 41.5. The number of hydrogen-bond donors (Lipinski definition) is 1. The van der Waals surface area contributed by atoms with Gasteiger partial charge >= 0.3 is 5.97 Å². The first-order valence-electron chi connectivity index (χ1n) is 6.06. The maximum absolute atomic E-state index is 12.3. The molecule has 1 N–H and O–H groups in total. The molecule has 0 spiro atoms. The van der Waals surface area contributed by atoms with E-state index >= 15 is 0 Å². The van der Waals surface area contributed by atoms with E-state index < -0.39 is 11.9 Å². The number of carbonyl (C=O) groups excluding carboxylic acids is 2. The maximum Gasteiger partial charge on any atom is 0.338 e. The summed E-state index contributed by atoms with van der Waals surface area (Å²) in [5.74, 6) is -2.04. The van der Waals surface area contributed by atoms with Gasteiger partial charge in [-0.05, 0) is 19.1 Å². The number of nitrogens with zero attached hydrogens (tertiary/aromatic N) is 3. The fourth-order valence-corrected chi connectivity index (χ4v) is 1.53. The van der Waals surface area contributed by atoms with Gasteiger partial charge in [-0.25, -0.2) is 4.79 Å². The molecule has 0 unspecified atom stereocenters. The smallest absolute Gasteiger partial charge is 0.338 e. The van der Waals surface area contributed by atoms with E-state index in [0.717, 1.165) is 0 Å². The van der Waals surface area contributed by atoms with Crippen molar-refractivity contribution in [2.45, 2.75) is 6.92 Å². The molecule has 0 saturated heterocycles. The molecule has 2 amide bonds. The van der Waals surface area contributed by atoms with Crippen LogP contribution in [0.15, 0.2) is 18.3 Å². The number of likely N-dealkylation sites (N-methyl/N-ethyl adjacent to an activating group) is 2. The molecule has 0 aliphatic carbocycles. The van der Waals surface area contributed by atoms with Crippen LogP contribution in [0.1, 0.15) is 27.8 Å². The van der Waals surface area contributed by atoms with Gasteiger partial charge in [-0.3, -0.25) is 14.6 Å². The van der Waals surface area contributed by atoms with Gasteiger partial charge in [0.15, 0.2) is 0 Å². The molecule has 0 saturated carbocycles. The van der Waals surface area contributed by atoms with Crippen molar-refractivity contribution in [2.24, 2.45) is 0 Å². The Hall–Kier alpha value is -2.44. The van der Waals surface area contributed by atoms with Crippen LogP contribution in [0.5, 0.6) is 0 Å². The molecule has 0 atom stereocenters. The van der Waals surface area contributed by atoms with E-state index in [1.807, 2.05) is 0 Å². The number of aromatic nitrogens is 1. The number of pyridine rings is 1. The van der Waals surface area contributed by atoms with Crippen molar-refractivity contribution in [2.75, 3.05) is 27.2 Å². The topological polar surface area (TPSA) is 90.8 Å². The van der Waals surface area contributed by atoms with Crippen LogP contribution < -0.4 is 0 Å². The normalized spacial score (nSPS) is 9.95. The molecular weight excluding hydrogens is 262 g/mol. The zero-order chi connectivity index (χ0) is 15.3. The summed E-state index contributed by atoms with van der Waals surface area (Å²) >= 11 is 0. The molecule has 0 fully saturated rings. The SMILES string of the molecule is CCN(CC(=O)N(C)C)C(=O)c1ncccc1C(=O)O. The number of carboxylic acids is 1. The zero-order valence-corrected chi connectivity index (χ0v) is 11.7. The van der Waals surface area contributed by atoms with Gasteiger partial charge in [-0.1, -0.05) is 0 Å². The van der Waals surface area contributed by atoms with E-state index in [-0.39, 0.29) is 30.3 Å². The Morgan fingerprint density at radius 2 is 1.95 bits per heavy atom. The van der Waals surface area contributed by atoms with Crippen molar-refractivity contribution in [3.05, 3.63) is 29.6 Å². The van der Waals surface area contributed by atoms with E-state index in [1.165, 1.54) is 28.1 Å². The van der Waals surface area contributed by atoms with Crippen molar-refractivity contribution < 1.29 is 19.5 Å². The van der Waals surface area contributed by atoms with Crippen molar-refractivity contribution in [1.82, 2.24) is 14.8 Å². The first kappa shape index (κ1) is 15.6. The summed E-state index contributed by atoms with van der Waals surface area (Å²) in [5, 5.41) is 9.05. The zero-order valence-electron chi connectivity index (χ0n) is 11.7. The van der Waals surface area contributed by atoms with Gasteiger partial charge in [-0.15, -0.1) is 0 Å². The molecule has 7 heteroatoms. The van der Waals surface area contributed by atoms with E-state index in [0.29, 0.717) is 0 Å². The van der Waals surface area contributed by atoms with Crippen LogP contribution in [-0.2, 0) is 4.79 Å². The predicted molar refractivity (Wildman–Crippen MR) is 71.5 cm³/mol. The minimum atomic E-state index is -1.23. The maximum atomic E-state index is 12.3.